The van der Waals surface area contributed by atoms with Gasteiger partial charge in [0.05, 0.1) is 26.2 Å². The van der Waals surface area contributed by atoms with Gasteiger partial charge in [-0.1, -0.05) is 40.9 Å². The van der Waals surface area contributed by atoms with Crippen molar-refractivity contribution < 1.29 is 9.59 Å². The number of hydrogen-bond acceptors (Lipinski definition) is 2. The van der Waals surface area contributed by atoms with Crippen molar-refractivity contribution >= 4 is 52.3 Å². The summed E-state index contributed by atoms with van der Waals surface area (Å²) in [5.41, 5.74) is 5.97. The molecule has 0 radical (unpaired) electrons. The molecule has 0 saturated carbocycles. The lowest BCUT2D eigenvalue weighted by Gasteiger charge is -2.09. The van der Waals surface area contributed by atoms with E-state index in [2.05, 4.69) is 5.32 Å². The number of anilines is 1. The third kappa shape index (κ3) is 3.47. The van der Waals surface area contributed by atoms with Gasteiger partial charge in [-0.05, 0) is 30.3 Å². The number of hydrogen-bond donors (Lipinski definition) is 2. The van der Waals surface area contributed by atoms with Crippen LogP contribution in [-0.2, 0) is 0 Å². The molecule has 2 aromatic carbocycles. The molecule has 0 aliphatic carbocycles. The van der Waals surface area contributed by atoms with Gasteiger partial charge in [-0.3, -0.25) is 9.59 Å². The second kappa shape index (κ2) is 6.35. The molecule has 0 heterocycles. The fourth-order valence-electron chi connectivity index (χ4n) is 1.67. The Labute approximate surface area is 135 Å². The lowest BCUT2D eigenvalue weighted by molar-refractivity contribution is 0.0998. The molecule has 108 valence electrons. The van der Waals surface area contributed by atoms with Crippen molar-refractivity contribution in [2.24, 2.45) is 5.73 Å². The Hall–Kier alpha value is -1.75. The molecule has 4 nitrogen and oxygen atoms in total. The van der Waals surface area contributed by atoms with Gasteiger partial charge in [0.15, 0.2) is 0 Å². The molecule has 0 aliphatic heterocycles. The quantitative estimate of drug-likeness (QED) is 0.884. The molecule has 7 heteroatoms. The predicted molar refractivity (Wildman–Crippen MR) is 84.4 cm³/mol. The van der Waals surface area contributed by atoms with Crippen LogP contribution in [0.25, 0.3) is 0 Å². The maximum absolute atomic E-state index is 12.1. The molecule has 0 unspecified atom stereocenters. The van der Waals surface area contributed by atoms with Crippen LogP contribution in [-0.4, -0.2) is 11.8 Å². The molecule has 2 amide bonds. The van der Waals surface area contributed by atoms with Gasteiger partial charge in [0.2, 0.25) is 5.91 Å². The normalized spacial score (nSPS) is 10.2. The van der Waals surface area contributed by atoms with E-state index in [1.54, 1.807) is 18.2 Å². The predicted octanol–water partition coefficient (Wildman–Crippen LogP) is 4.00. The van der Waals surface area contributed by atoms with Crippen molar-refractivity contribution in [1.82, 2.24) is 0 Å². The van der Waals surface area contributed by atoms with Gasteiger partial charge in [0.1, 0.15) is 0 Å². The number of nitrogens with one attached hydrogen (secondary N) is 1. The van der Waals surface area contributed by atoms with E-state index in [0.717, 1.165) is 0 Å². The molecule has 2 aromatic rings. The summed E-state index contributed by atoms with van der Waals surface area (Å²) < 4.78 is 0. The highest BCUT2D eigenvalue weighted by Crippen LogP contribution is 2.27. The Kier molecular flexibility index (Phi) is 4.73. The summed E-state index contributed by atoms with van der Waals surface area (Å²) in [4.78, 5) is 23.2. The molecule has 0 aromatic heterocycles. The third-order valence-corrected chi connectivity index (χ3v) is 3.82. The third-order valence-electron chi connectivity index (χ3n) is 2.69. The summed E-state index contributed by atoms with van der Waals surface area (Å²) >= 11 is 17.7. The second-order valence-electron chi connectivity index (χ2n) is 4.11. The summed E-state index contributed by atoms with van der Waals surface area (Å²) in [5, 5.41) is 3.21. The van der Waals surface area contributed by atoms with Crippen molar-refractivity contribution in [3.63, 3.8) is 0 Å². The number of benzene rings is 2. The number of carbonyl (C=O) groups excluding carboxylic acids is 2. The topological polar surface area (TPSA) is 72.2 Å². The Morgan fingerprint density at radius 2 is 1.67 bits per heavy atom. The summed E-state index contributed by atoms with van der Waals surface area (Å²) in [5.74, 6) is -1.08. The largest absolute Gasteiger partial charge is 0.366 e. The monoisotopic (exact) mass is 342 g/mol. The van der Waals surface area contributed by atoms with Crippen molar-refractivity contribution in [3.8, 4) is 0 Å². The van der Waals surface area contributed by atoms with Crippen molar-refractivity contribution in [2.75, 3.05) is 5.32 Å². The molecule has 3 N–H and O–H groups in total. The summed E-state index contributed by atoms with van der Waals surface area (Å²) in [6.45, 7) is 0. The minimum absolute atomic E-state index is 0.150. The summed E-state index contributed by atoms with van der Waals surface area (Å²) in [7, 11) is 0. The van der Waals surface area contributed by atoms with Gasteiger partial charge >= 0.3 is 0 Å². The zero-order valence-electron chi connectivity index (χ0n) is 10.5. The highest BCUT2D eigenvalue weighted by molar-refractivity contribution is 6.44. The molecule has 0 saturated heterocycles. The van der Waals surface area contributed by atoms with Gasteiger partial charge in [-0.15, -0.1) is 0 Å². The number of carbonyl (C=O) groups is 2. The van der Waals surface area contributed by atoms with E-state index < -0.39 is 11.8 Å². The van der Waals surface area contributed by atoms with Crippen LogP contribution < -0.4 is 11.1 Å². The molecule has 0 aliphatic rings. The first-order valence-corrected chi connectivity index (χ1v) is 6.88. The standard InChI is InChI=1S/C14H9Cl3N2O2/c15-10-3-1-2-9(12(10)17)14(21)19-7-4-5-8(13(18)20)11(16)6-7/h1-6H,(H2,18,20)(H,19,21). The van der Waals surface area contributed by atoms with Crippen molar-refractivity contribution in [1.29, 1.82) is 0 Å². The Bertz CT molecular complexity index is 732. The average Bonchev–Trinajstić information content (AvgIpc) is 2.41. The first kappa shape index (κ1) is 15.6. The van der Waals surface area contributed by atoms with E-state index in [1.165, 1.54) is 18.2 Å². The first-order chi connectivity index (χ1) is 9.90. The summed E-state index contributed by atoms with van der Waals surface area (Å²) in [6, 6.07) is 9.12. The van der Waals surface area contributed by atoms with E-state index in [0.29, 0.717) is 5.69 Å². The Balaban J connectivity index is 2.26. The van der Waals surface area contributed by atoms with E-state index in [9.17, 15) is 9.59 Å². The van der Waals surface area contributed by atoms with E-state index in [-0.39, 0.29) is 26.2 Å². The van der Waals surface area contributed by atoms with Crippen molar-refractivity contribution in [2.45, 2.75) is 0 Å². The lowest BCUT2D eigenvalue weighted by atomic mass is 10.1. The van der Waals surface area contributed by atoms with Gasteiger partial charge in [-0.25, -0.2) is 0 Å². The minimum Gasteiger partial charge on any atom is -0.366 e. The van der Waals surface area contributed by atoms with Gasteiger partial charge < -0.3 is 11.1 Å². The maximum Gasteiger partial charge on any atom is 0.257 e. The maximum atomic E-state index is 12.1. The number of halogens is 3. The fraction of sp³-hybridized carbons (Fsp3) is 0. The molecule has 0 spiro atoms. The van der Waals surface area contributed by atoms with Crippen LogP contribution in [0.15, 0.2) is 36.4 Å². The molecule has 0 bridgehead atoms. The average molecular weight is 344 g/mol. The van der Waals surface area contributed by atoms with Crippen LogP contribution in [0.2, 0.25) is 15.1 Å². The van der Waals surface area contributed by atoms with Crippen molar-refractivity contribution in [3.05, 3.63) is 62.6 Å². The van der Waals surface area contributed by atoms with Crippen LogP contribution in [0.5, 0.6) is 0 Å². The second-order valence-corrected chi connectivity index (χ2v) is 5.31. The number of rotatable bonds is 3. The molecule has 0 atom stereocenters. The number of amides is 2. The van der Waals surface area contributed by atoms with Gasteiger partial charge in [0, 0.05) is 5.69 Å². The van der Waals surface area contributed by atoms with Crippen LogP contribution in [0.1, 0.15) is 20.7 Å². The molecular weight excluding hydrogens is 335 g/mol. The SMILES string of the molecule is NC(=O)c1ccc(NC(=O)c2cccc(Cl)c2Cl)cc1Cl. The Morgan fingerprint density at radius 3 is 2.29 bits per heavy atom. The van der Waals surface area contributed by atoms with E-state index in [4.69, 9.17) is 40.5 Å². The lowest BCUT2D eigenvalue weighted by Crippen LogP contribution is -2.14. The zero-order chi connectivity index (χ0) is 15.6. The summed E-state index contributed by atoms with van der Waals surface area (Å²) in [6.07, 6.45) is 0. The van der Waals surface area contributed by atoms with E-state index in [1.807, 2.05) is 0 Å². The van der Waals surface area contributed by atoms with Crippen LogP contribution in [0.4, 0.5) is 5.69 Å². The number of primary amides is 1. The van der Waals surface area contributed by atoms with Gasteiger partial charge in [-0.2, -0.15) is 0 Å². The molecule has 2 rings (SSSR count). The Morgan fingerprint density at radius 1 is 0.952 bits per heavy atom. The molecular formula is C14H9Cl3N2O2. The number of nitrogens with two attached hydrogens (primary N) is 1. The smallest absolute Gasteiger partial charge is 0.257 e. The molecule has 21 heavy (non-hydrogen) atoms. The fourth-order valence-corrected chi connectivity index (χ4v) is 2.33. The van der Waals surface area contributed by atoms with Crippen LogP contribution >= 0.6 is 34.8 Å². The van der Waals surface area contributed by atoms with Crippen LogP contribution in [0.3, 0.4) is 0 Å². The van der Waals surface area contributed by atoms with E-state index >= 15 is 0 Å². The zero-order valence-corrected chi connectivity index (χ0v) is 12.8. The highest BCUT2D eigenvalue weighted by Gasteiger charge is 2.14. The van der Waals surface area contributed by atoms with Gasteiger partial charge in [0.25, 0.3) is 5.91 Å². The molecule has 0 fully saturated rings. The highest BCUT2D eigenvalue weighted by atomic mass is 35.5. The first-order valence-electron chi connectivity index (χ1n) is 5.75. The minimum atomic E-state index is -0.643. The van der Waals surface area contributed by atoms with Crippen LogP contribution in [0, 0.1) is 0 Å².